The molecule has 0 aromatic carbocycles. The number of unbranched alkanes of at least 4 members (excludes halogenated alkanes) is 1. The molecule has 11 heavy (non-hydrogen) atoms. The molecule has 0 rings (SSSR count). The molecule has 68 valence electrons. The van der Waals surface area contributed by atoms with Gasteiger partial charge in [0.1, 0.15) is 0 Å². The molecule has 0 heterocycles. The van der Waals surface area contributed by atoms with Crippen molar-refractivity contribution in [1.29, 1.82) is 0 Å². The normalized spacial score (nSPS) is 18.0. The minimum absolute atomic E-state index is 0.344. The van der Waals surface area contributed by atoms with E-state index in [1.807, 2.05) is 15.9 Å². The van der Waals surface area contributed by atoms with Crippen LogP contribution in [0.25, 0.3) is 0 Å². The van der Waals surface area contributed by atoms with Crippen LogP contribution in [0.1, 0.15) is 26.2 Å². The van der Waals surface area contributed by atoms with Crippen LogP contribution < -0.4 is 0 Å². The molecular weight excluding hydrogens is 244 g/mol. The van der Waals surface area contributed by atoms with E-state index in [1.54, 1.807) is 6.92 Å². The van der Waals surface area contributed by atoms with Gasteiger partial charge in [0, 0.05) is 6.42 Å². The molecule has 0 saturated heterocycles. The fourth-order valence-corrected chi connectivity index (χ4v) is 0.872. The maximum absolute atomic E-state index is 12.8. The van der Waals surface area contributed by atoms with Crippen LogP contribution in [0.5, 0.6) is 0 Å². The molecule has 0 spiro atoms. The number of halogens is 5. The molecular formula is C6H9BrClF3. The number of hydrogen-bond donors (Lipinski definition) is 0. The van der Waals surface area contributed by atoms with E-state index in [0.717, 1.165) is 0 Å². The van der Waals surface area contributed by atoms with Crippen LogP contribution in [-0.2, 0) is 0 Å². The summed E-state index contributed by atoms with van der Waals surface area (Å²) in [5, 5.41) is -2.96. The number of rotatable bonds is 4. The average molecular weight is 253 g/mol. The van der Waals surface area contributed by atoms with Crippen molar-refractivity contribution in [3.63, 3.8) is 0 Å². The van der Waals surface area contributed by atoms with Crippen molar-refractivity contribution in [3.8, 4) is 0 Å². The molecule has 5 heteroatoms. The molecule has 0 amide bonds. The van der Waals surface area contributed by atoms with Gasteiger partial charge in [-0.05, 0) is 22.4 Å². The molecule has 0 aliphatic rings. The molecule has 0 radical (unpaired) electrons. The van der Waals surface area contributed by atoms with Gasteiger partial charge in [-0.2, -0.15) is 8.78 Å². The lowest BCUT2D eigenvalue weighted by atomic mass is 10.2. The monoisotopic (exact) mass is 252 g/mol. The van der Waals surface area contributed by atoms with Gasteiger partial charge in [-0.1, -0.05) is 24.9 Å². The van der Waals surface area contributed by atoms with E-state index in [9.17, 15) is 13.2 Å². The van der Waals surface area contributed by atoms with Gasteiger partial charge in [0.25, 0.3) is 5.13 Å². The van der Waals surface area contributed by atoms with E-state index < -0.39 is 9.96 Å². The van der Waals surface area contributed by atoms with Crippen molar-refractivity contribution >= 4 is 27.5 Å². The maximum Gasteiger partial charge on any atom is 0.348 e. The van der Waals surface area contributed by atoms with Crippen molar-refractivity contribution in [2.75, 3.05) is 0 Å². The summed E-state index contributed by atoms with van der Waals surface area (Å²) < 4.78 is 37.2. The summed E-state index contributed by atoms with van der Waals surface area (Å²) in [4.78, 5) is -3.64. The molecule has 0 bridgehead atoms. The molecule has 1 atom stereocenters. The van der Waals surface area contributed by atoms with Gasteiger partial charge in [-0.3, -0.25) is 0 Å². The molecule has 0 aromatic rings. The maximum atomic E-state index is 12.8. The Labute approximate surface area is 77.2 Å². The fraction of sp³-hybridized carbons (Fsp3) is 1.00. The van der Waals surface area contributed by atoms with Gasteiger partial charge >= 0.3 is 4.83 Å². The molecule has 0 aliphatic carbocycles. The van der Waals surface area contributed by atoms with Gasteiger partial charge in [0.2, 0.25) is 0 Å². The second-order valence-corrected chi connectivity index (χ2v) is 3.90. The van der Waals surface area contributed by atoms with Gasteiger partial charge < -0.3 is 0 Å². The summed E-state index contributed by atoms with van der Waals surface area (Å²) in [6, 6.07) is 0. The first-order chi connectivity index (χ1) is 4.81. The Balaban J connectivity index is 4.00. The van der Waals surface area contributed by atoms with Crippen molar-refractivity contribution in [1.82, 2.24) is 0 Å². The predicted molar refractivity (Wildman–Crippen MR) is 43.1 cm³/mol. The second-order valence-electron chi connectivity index (χ2n) is 2.31. The van der Waals surface area contributed by atoms with Gasteiger partial charge in [-0.15, -0.1) is 0 Å². The SMILES string of the molecule is CCCCC(F)(Cl)C(F)(F)Br. The molecule has 0 aliphatic heterocycles. The van der Waals surface area contributed by atoms with Crippen molar-refractivity contribution in [2.24, 2.45) is 0 Å². The highest BCUT2D eigenvalue weighted by Crippen LogP contribution is 2.44. The lowest BCUT2D eigenvalue weighted by Crippen LogP contribution is -2.33. The molecule has 1 unspecified atom stereocenters. The van der Waals surface area contributed by atoms with Gasteiger partial charge in [0.05, 0.1) is 0 Å². The topological polar surface area (TPSA) is 0 Å². The summed E-state index contributed by atoms with van der Waals surface area (Å²) in [5.74, 6) is 0. The Morgan fingerprint density at radius 1 is 1.36 bits per heavy atom. The van der Waals surface area contributed by atoms with Crippen LogP contribution in [0.2, 0.25) is 0 Å². The van der Waals surface area contributed by atoms with Gasteiger partial charge in [-0.25, -0.2) is 4.39 Å². The summed E-state index contributed by atoms with van der Waals surface area (Å²) in [6.45, 7) is 1.78. The molecule has 0 N–H and O–H groups in total. The lowest BCUT2D eigenvalue weighted by Gasteiger charge is -2.22. The predicted octanol–water partition coefficient (Wildman–Crippen LogP) is 4.07. The zero-order valence-electron chi connectivity index (χ0n) is 6.01. The second kappa shape index (κ2) is 3.99. The highest BCUT2D eigenvalue weighted by atomic mass is 79.9. The first kappa shape index (κ1) is 11.6. The zero-order valence-corrected chi connectivity index (χ0v) is 8.35. The van der Waals surface area contributed by atoms with E-state index in [1.165, 1.54) is 0 Å². The van der Waals surface area contributed by atoms with Crippen LogP contribution in [0.4, 0.5) is 13.2 Å². The average Bonchev–Trinajstić information content (AvgIpc) is 1.81. The van der Waals surface area contributed by atoms with Gasteiger partial charge in [0.15, 0.2) is 0 Å². The van der Waals surface area contributed by atoms with Crippen LogP contribution in [0.15, 0.2) is 0 Å². The standard InChI is InChI=1S/C6H9BrClF3/c1-2-3-4-5(8,9)6(7,10)11/h2-4H2,1H3. The third kappa shape index (κ3) is 3.65. The smallest absolute Gasteiger partial charge is 0.218 e. The molecule has 0 nitrogen and oxygen atoms in total. The first-order valence-corrected chi connectivity index (χ1v) is 4.43. The minimum Gasteiger partial charge on any atom is -0.218 e. The summed E-state index contributed by atoms with van der Waals surface area (Å²) in [5.41, 5.74) is 0. The van der Waals surface area contributed by atoms with Crippen LogP contribution in [0.3, 0.4) is 0 Å². The molecule has 0 aromatic heterocycles. The first-order valence-electron chi connectivity index (χ1n) is 3.26. The Kier molecular flexibility index (Phi) is 4.19. The third-order valence-corrected chi connectivity index (χ3v) is 2.54. The number of hydrogen-bond acceptors (Lipinski definition) is 0. The Hall–Kier alpha value is 0.560. The fourth-order valence-electron chi connectivity index (χ4n) is 0.541. The van der Waals surface area contributed by atoms with Crippen LogP contribution in [-0.4, -0.2) is 9.96 Å². The Bertz CT molecular complexity index is 121. The third-order valence-electron chi connectivity index (χ3n) is 1.26. The summed E-state index contributed by atoms with van der Waals surface area (Å²) >= 11 is 6.82. The summed E-state index contributed by atoms with van der Waals surface area (Å²) in [6.07, 6.45) is 0.645. The van der Waals surface area contributed by atoms with E-state index in [0.29, 0.717) is 12.8 Å². The molecule has 0 saturated carbocycles. The zero-order chi connectivity index (χ0) is 9.12. The Morgan fingerprint density at radius 3 is 2.09 bits per heavy atom. The van der Waals surface area contributed by atoms with Crippen molar-refractivity contribution < 1.29 is 13.2 Å². The van der Waals surface area contributed by atoms with E-state index >= 15 is 0 Å². The van der Waals surface area contributed by atoms with Crippen LogP contribution in [0, 0.1) is 0 Å². The minimum atomic E-state index is -3.64. The van der Waals surface area contributed by atoms with Crippen molar-refractivity contribution in [2.45, 2.75) is 36.1 Å². The van der Waals surface area contributed by atoms with Crippen molar-refractivity contribution in [3.05, 3.63) is 0 Å². The van der Waals surface area contributed by atoms with E-state index in [-0.39, 0.29) is 6.42 Å². The molecule has 0 fully saturated rings. The highest BCUT2D eigenvalue weighted by Gasteiger charge is 2.50. The lowest BCUT2D eigenvalue weighted by molar-refractivity contribution is -0.0105. The van der Waals surface area contributed by atoms with E-state index in [2.05, 4.69) is 0 Å². The summed E-state index contributed by atoms with van der Waals surface area (Å²) in [7, 11) is 0. The largest absolute Gasteiger partial charge is 0.348 e. The van der Waals surface area contributed by atoms with Crippen LogP contribution >= 0.6 is 27.5 Å². The highest BCUT2D eigenvalue weighted by molar-refractivity contribution is 9.10. The quantitative estimate of drug-likeness (QED) is 0.663. The number of alkyl halides is 5. The Morgan fingerprint density at radius 2 is 1.82 bits per heavy atom. The van der Waals surface area contributed by atoms with E-state index in [4.69, 9.17) is 11.6 Å².